The molecule has 4 rings (SSSR count). The van der Waals surface area contributed by atoms with Crippen LogP contribution >= 0.6 is 11.3 Å². The third-order valence-electron chi connectivity index (χ3n) is 4.24. The van der Waals surface area contributed by atoms with Crippen LogP contribution in [-0.2, 0) is 17.8 Å². The van der Waals surface area contributed by atoms with Gasteiger partial charge in [0.2, 0.25) is 11.8 Å². The minimum absolute atomic E-state index is 0.107. The molecule has 28 heavy (non-hydrogen) atoms. The standard InChI is InChI=1S/C20H17FN4O2S/c1-13-16(24-20(27-13)18-3-2-8-28-18)10-19(26)23-11-14-4-5-17(15(21)9-14)25-7-6-22-12-25/h2-9,12H,10-11H2,1H3,(H,23,26). The molecule has 6 nitrogen and oxygen atoms in total. The van der Waals surface area contributed by atoms with Crippen LogP contribution in [0.25, 0.3) is 16.5 Å². The van der Waals surface area contributed by atoms with E-state index in [0.29, 0.717) is 28.6 Å². The number of benzene rings is 1. The molecule has 0 spiro atoms. The monoisotopic (exact) mass is 396 g/mol. The van der Waals surface area contributed by atoms with Gasteiger partial charge in [-0.1, -0.05) is 12.1 Å². The van der Waals surface area contributed by atoms with Crippen LogP contribution in [0.15, 0.2) is 58.9 Å². The molecule has 0 aliphatic heterocycles. The highest BCUT2D eigenvalue weighted by Gasteiger charge is 2.15. The molecule has 4 aromatic rings. The summed E-state index contributed by atoms with van der Waals surface area (Å²) in [6.45, 7) is 2.02. The van der Waals surface area contributed by atoms with Gasteiger partial charge in [-0.2, -0.15) is 0 Å². The van der Waals surface area contributed by atoms with E-state index in [-0.39, 0.29) is 24.7 Å². The number of carbonyl (C=O) groups is 1. The van der Waals surface area contributed by atoms with Gasteiger partial charge in [0.15, 0.2) is 0 Å². The highest BCUT2D eigenvalue weighted by atomic mass is 32.1. The molecule has 0 saturated heterocycles. The molecule has 3 heterocycles. The van der Waals surface area contributed by atoms with Crippen LogP contribution < -0.4 is 5.32 Å². The molecular weight excluding hydrogens is 379 g/mol. The first kappa shape index (κ1) is 18.1. The molecule has 1 N–H and O–H groups in total. The summed E-state index contributed by atoms with van der Waals surface area (Å²) >= 11 is 1.53. The number of halogens is 1. The van der Waals surface area contributed by atoms with Gasteiger partial charge in [0, 0.05) is 18.9 Å². The first-order valence-corrected chi connectivity index (χ1v) is 9.52. The van der Waals surface area contributed by atoms with Gasteiger partial charge < -0.3 is 14.3 Å². The number of aryl methyl sites for hydroxylation is 1. The summed E-state index contributed by atoms with van der Waals surface area (Å²) in [6.07, 6.45) is 4.90. The second kappa shape index (κ2) is 7.77. The Morgan fingerprint density at radius 1 is 1.36 bits per heavy atom. The lowest BCUT2D eigenvalue weighted by atomic mass is 10.2. The van der Waals surface area contributed by atoms with E-state index in [9.17, 15) is 9.18 Å². The number of aromatic nitrogens is 3. The molecule has 1 amide bonds. The Labute approximate surface area is 164 Å². The molecular formula is C20H17FN4O2S. The van der Waals surface area contributed by atoms with Crippen LogP contribution in [0.2, 0.25) is 0 Å². The third kappa shape index (κ3) is 3.86. The molecule has 142 valence electrons. The van der Waals surface area contributed by atoms with Gasteiger partial charge in [-0.3, -0.25) is 4.79 Å². The molecule has 1 aromatic carbocycles. The molecule has 0 unspecified atom stereocenters. The van der Waals surface area contributed by atoms with Crippen LogP contribution in [0, 0.1) is 12.7 Å². The smallest absolute Gasteiger partial charge is 0.236 e. The molecule has 0 aliphatic rings. The molecule has 0 aliphatic carbocycles. The van der Waals surface area contributed by atoms with Crippen LogP contribution in [0.4, 0.5) is 4.39 Å². The van der Waals surface area contributed by atoms with E-state index in [2.05, 4.69) is 15.3 Å². The number of thiophene rings is 1. The quantitative estimate of drug-likeness (QED) is 0.537. The fourth-order valence-corrected chi connectivity index (χ4v) is 3.43. The fraction of sp³-hybridized carbons (Fsp3) is 0.150. The van der Waals surface area contributed by atoms with Crippen LogP contribution in [0.3, 0.4) is 0 Å². The lowest BCUT2D eigenvalue weighted by Crippen LogP contribution is -2.25. The summed E-state index contributed by atoms with van der Waals surface area (Å²) in [7, 11) is 0. The van der Waals surface area contributed by atoms with Crippen molar-refractivity contribution >= 4 is 17.2 Å². The number of hydrogen-bond acceptors (Lipinski definition) is 5. The summed E-state index contributed by atoms with van der Waals surface area (Å²) in [4.78, 5) is 21.5. The Morgan fingerprint density at radius 3 is 2.96 bits per heavy atom. The SMILES string of the molecule is Cc1oc(-c2cccs2)nc1CC(=O)NCc1ccc(-n2ccnc2)c(F)c1. The average Bonchev–Trinajstić information content (AvgIpc) is 3.43. The van der Waals surface area contributed by atoms with Crippen molar-refractivity contribution < 1.29 is 13.6 Å². The lowest BCUT2D eigenvalue weighted by Gasteiger charge is -2.08. The summed E-state index contributed by atoms with van der Waals surface area (Å²) in [5, 5.41) is 4.74. The van der Waals surface area contributed by atoms with Gasteiger partial charge >= 0.3 is 0 Å². The number of amides is 1. The second-order valence-electron chi connectivity index (χ2n) is 6.21. The highest BCUT2D eigenvalue weighted by Crippen LogP contribution is 2.26. The maximum atomic E-state index is 14.3. The van der Waals surface area contributed by atoms with Crippen molar-refractivity contribution in [1.29, 1.82) is 0 Å². The Morgan fingerprint density at radius 2 is 2.25 bits per heavy atom. The molecule has 0 radical (unpaired) electrons. The highest BCUT2D eigenvalue weighted by molar-refractivity contribution is 7.13. The Balaban J connectivity index is 1.38. The van der Waals surface area contributed by atoms with Crippen molar-refractivity contribution in [2.24, 2.45) is 0 Å². The van der Waals surface area contributed by atoms with Gasteiger partial charge in [-0.25, -0.2) is 14.4 Å². The van der Waals surface area contributed by atoms with Gasteiger partial charge in [0.25, 0.3) is 0 Å². The Kier molecular flexibility index (Phi) is 5.03. The predicted octanol–water partition coefficient (Wildman–Crippen LogP) is 3.90. The lowest BCUT2D eigenvalue weighted by molar-refractivity contribution is -0.120. The van der Waals surface area contributed by atoms with Gasteiger partial charge in [0.1, 0.15) is 11.6 Å². The Bertz CT molecular complexity index is 1090. The van der Waals surface area contributed by atoms with E-state index in [4.69, 9.17) is 4.42 Å². The topological polar surface area (TPSA) is 73.0 Å². The van der Waals surface area contributed by atoms with Gasteiger partial charge in [-0.15, -0.1) is 11.3 Å². The van der Waals surface area contributed by atoms with Crippen molar-refractivity contribution in [3.05, 3.63) is 77.3 Å². The average molecular weight is 396 g/mol. The number of imidazole rings is 1. The summed E-state index contributed by atoms with van der Waals surface area (Å²) in [6, 6.07) is 8.68. The van der Waals surface area contributed by atoms with E-state index in [1.807, 2.05) is 17.5 Å². The van der Waals surface area contributed by atoms with Crippen LogP contribution in [0.1, 0.15) is 17.0 Å². The van der Waals surface area contributed by atoms with Crippen molar-refractivity contribution in [3.8, 4) is 16.5 Å². The zero-order valence-electron chi connectivity index (χ0n) is 15.1. The predicted molar refractivity (Wildman–Crippen MR) is 104 cm³/mol. The fourth-order valence-electron chi connectivity index (χ4n) is 2.78. The van der Waals surface area contributed by atoms with Crippen molar-refractivity contribution in [1.82, 2.24) is 19.9 Å². The first-order chi connectivity index (χ1) is 13.6. The zero-order chi connectivity index (χ0) is 19.5. The van der Waals surface area contributed by atoms with E-state index in [1.54, 1.807) is 36.0 Å². The van der Waals surface area contributed by atoms with Crippen LogP contribution in [0.5, 0.6) is 0 Å². The number of carbonyl (C=O) groups excluding carboxylic acids is 1. The maximum Gasteiger partial charge on any atom is 0.236 e. The van der Waals surface area contributed by atoms with Crippen molar-refractivity contribution in [2.75, 3.05) is 0 Å². The summed E-state index contributed by atoms with van der Waals surface area (Å²) in [5.41, 5.74) is 1.68. The van der Waals surface area contributed by atoms with Gasteiger partial charge in [-0.05, 0) is 36.1 Å². The summed E-state index contributed by atoms with van der Waals surface area (Å²) < 4.78 is 21.5. The number of nitrogens with one attached hydrogen (secondary N) is 1. The zero-order valence-corrected chi connectivity index (χ0v) is 15.9. The molecule has 0 bridgehead atoms. The molecule has 0 atom stereocenters. The third-order valence-corrected chi connectivity index (χ3v) is 5.09. The van der Waals surface area contributed by atoms with E-state index in [0.717, 1.165) is 4.88 Å². The number of nitrogens with zero attached hydrogens (tertiary/aromatic N) is 3. The number of hydrogen-bond donors (Lipinski definition) is 1. The normalized spacial score (nSPS) is 10.9. The van der Waals surface area contributed by atoms with Gasteiger partial charge in [0.05, 0.1) is 29.0 Å². The second-order valence-corrected chi connectivity index (χ2v) is 7.16. The van der Waals surface area contributed by atoms with Crippen molar-refractivity contribution in [2.45, 2.75) is 19.9 Å². The van der Waals surface area contributed by atoms with E-state index >= 15 is 0 Å². The molecule has 0 fully saturated rings. The molecule has 0 saturated carbocycles. The van der Waals surface area contributed by atoms with Crippen LogP contribution in [-0.4, -0.2) is 20.4 Å². The number of rotatable bonds is 6. The number of oxazole rings is 1. The van der Waals surface area contributed by atoms with E-state index in [1.165, 1.54) is 23.7 Å². The molecule has 3 aromatic heterocycles. The largest absolute Gasteiger partial charge is 0.440 e. The first-order valence-electron chi connectivity index (χ1n) is 8.64. The van der Waals surface area contributed by atoms with Crippen molar-refractivity contribution in [3.63, 3.8) is 0 Å². The summed E-state index contributed by atoms with van der Waals surface area (Å²) in [5.74, 6) is 0.563. The minimum Gasteiger partial charge on any atom is -0.440 e. The molecule has 8 heteroatoms. The van der Waals surface area contributed by atoms with E-state index < -0.39 is 0 Å². The Hall–Kier alpha value is -3.26. The maximum absolute atomic E-state index is 14.3. The minimum atomic E-state index is -0.377.